The Morgan fingerprint density at radius 3 is 2.94 bits per heavy atom. The standard InChI is InChI=1S/C12H17ClN2O/c1-2-9-5-3-4-6-10(9)15-8-14-11(13)7-12(15)16/h7-10H,2-6H2,1H3. The third kappa shape index (κ3) is 2.29. The van der Waals surface area contributed by atoms with Gasteiger partial charge in [-0.15, -0.1) is 0 Å². The third-order valence-electron chi connectivity index (χ3n) is 3.55. The van der Waals surface area contributed by atoms with Crippen molar-refractivity contribution >= 4 is 11.6 Å². The normalized spacial score (nSPS) is 25.6. The van der Waals surface area contributed by atoms with Gasteiger partial charge in [-0.05, 0) is 18.8 Å². The third-order valence-corrected chi connectivity index (χ3v) is 3.76. The molecule has 1 heterocycles. The number of aromatic nitrogens is 2. The van der Waals surface area contributed by atoms with Crippen LogP contribution in [0.2, 0.25) is 5.15 Å². The molecular formula is C12H17ClN2O. The molecule has 1 aromatic heterocycles. The van der Waals surface area contributed by atoms with E-state index in [1.165, 1.54) is 25.3 Å². The first-order valence-electron chi connectivity index (χ1n) is 5.96. The summed E-state index contributed by atoms with van der Waals surface area (Å²) in [5.41, 5.74) is -0.0228. The average Bonchev–Trinajstić information content (AvgIpc) is 2.29. The maximum absolute atomic E-state index is 11.8. The van der Waals surface area contributed by atoms with Gasteiger partial charge in [0.1, 0.15) is 5.15 Å². The minimum Gasteiger partial charge on any atom is -0.296 e. The lowest BCUT2D eigenvalue weighted by Gasteiger charge is -2.31. The van der Waals surface area contributed by atoms with Crippen molar-refractivity contribution < 1.29 is 0 Å². The lowest BCUT2D eigenvalue weighted by atomic mass is 9.83. The Bertz CT molecular complexity index is 416. The Morgan fingerprint density at radius 1 is 1.50 bits per heavy atom. The fourth-order valence-electron chi connectivity index (χ4n) is 2.67. The molecule has 1 aliphatic carbocycles. The van der Waals surface area contributed by atoms with E-state index < -0.39 is 0 Å². The Labute approximate surface area is 100 Å². The topological polar surface area (TPSA) is 34.9 Å². The minimum atomic E-state index is -0.0228. The molecule has 2 rings (SSSR count). The van der Waals surface area contributed by atoms with E-state index in [9.17, 15) is 4.79 Å². The van der Waals surface area contributed by atoms with Crippen LogP contribution >= 0.6 is 11.6 Å². The molecule has 0 saturated heterocycles. The zero-order chi connectivity index (χ0) is 11.5. The van der Waals surface area contributed by atoms with Gasteiger partial charge in [-0.2, -0.15) is 0 Å². The first kappa shape index (κ1) is 11.6. The van der Waals surface area contributed by atoms with Crippen LogP contribution in [0.15, 0.2) is 17.2 Å². The molecule has 2 atom stereocenters. The largest absolute Gasteiger partial charge is 0.296 e. The summed E-state index contributed by atoms with van der Waals surface area (Å²) in [5.74, 6) is 0.606. The van der Waals surface area contributed by atoms with Gasteiger partial charge in [-0.1, -0.05) is 37.8 Å². The fraction of sp³-hybridized carbons (Fsp3) is 0.667. The highest BCUT2D eigenvalue weighted by atomic mass is 35.5. The molecule has 1 aliphatic rings. The van der Waals surface area contributed by atoms with E-state index in [0.29, 0.717) is 12.0 Å². The van der Waals surface area contributed by atoms with Gasteiger partial charge in [-0.3, -0.25) is 9.36 Å². The smallest absolute Gasteiger partial charge is 0.255 e. The summed E-state index contributed by atoms with van der Waals surface area (Å²) in [6, 6.07) is 1.72. The molecule has 0 amide bonds. The van der Waals surface area contributed by atoms with E-state index in [1.54, 1.807) is 10.9 Å². The molecule has 1 fully saturated rings. The molecule has 1 aromatic rings. The second kappa shape index (κ2) is 5.00. The molecule has 3 nitrogen and oxygen atoms in total. The Balaban J connectivity index is 2.31. The van der Waals surface area contributed by atoms with Crippen LogP contribution in [-0.2, 0) is 0 Å². The molecule has 0 radical (unpaired) electrons. The van der Waals surface area contributed by atoms with Gasteiger partial charge in [0, 0.05) is 12.1 Å². The number of halogens is 1. The van der Waals surface area contributed by atoms with Crippen LogP contribution in [0, 0.1) is 5.92 Å². The summed E-state index contributed by atoms with van der Waals surface area (Å²) in [6.45, 7) is 2.19. The van der Waals surface area contributed by atoms with E-state index in [4.69, 9.17) is 11.6 Å². The molecule has 4 heteroatoms. The Hall–Kier alpha value is -0.830. The molecule has 2 unspecified atom stereocenters. The van der Waals surface area contributed by atoms with Crippen molar-refractivity contribution in [1.82, 2.24) is 9.55 Å². The van der Waals surface area contributed by atoms with Crippen molar-refractivity contribution in [1.29, 1.82) is 0 Å². The second-order valence-electron chi connectivity index (χ2n) is 4.48. The van der Waals surface area contributed by atoms with Crippen LogP contribution in [0.3, 0.4) is 0 Å². The summed E-state index contributed by atoms with van der Waals surface area (Å²) < 4.78 is 1.76. The monoisotopic (exact) mass is 240 g/mol. The van der Waals surface area contributed by atoms with Gasteiger partial charge in [-0.25, -0.2) is 4.98 Å². The van der Waals surface area contributed by atoms with Crippen LogP contribution in [0.4, 0.5) is 0 Å². The van der Waals surface area contributed by atoms with Gasteiger partial charge >= 0.3 is 0 Å². The van der Waals surface area contributed by atoms with Crippen LogP contribution < -0.4 is 5.56 Å². The molecule has 88 valence electrons. The molecule has 1 saturated carbocycles. The molecule has 0 aliphatic heterocycles. The molecule has 0 spiro atoms. The van der Waals surface area contributed by atoms with E-state index in [-0.39, 0.29) is 10.7 Å². The highest BCUT2D eigenvalue weighted by Crippen LogP contribution is 2.34. The summed E-state index contributed by atoms with van der Waals surface area (Å²) in [7, 11) is 0. The second-order valence-corrected chi connectivity index (χ2v) is 4.86. The molecule has 0 aromatic carbocycles. The quantitative estimate of drug-likeness (QED) is 0.745. The summed E-state index contributed by atoms with van der Waals surface area (Å²) >= 11 is 5.70. The maximum Gasteiger partial charge on any atom is 0.255 e. The van der Waals surface area contributed by atoms with E-state index in [2.05, 4.69) is 11.9 Å². The zero-order valence-corrected chi connectivity index (χ0v) is 10.3. The highest BCUT2D eigenvalue weighted by Gasteiger charge is 2.25. The first-order chi connectivity index (χ1) is 7.72. The van der Waals surface area contributed by atoms with Crippen molar-refractivity contribution in [2.24, 2.45) is 5.92 Å². The van der Waals surface area contributed by atoms with Crippen molar-refractivity contribution in [3.05, 3.63) is 27.9 Å². The van der Waals surface area contributed by atoms with Crippen molar-refractivity contribution in [3.63, 3.8) is 0 Å². The SMILES string of the molecule is CCC1CCCCC1n1cnc(Cl)cc1=O. The minimum absolute atomic E-state index is 0.0228. The lowest BCUT2D eigenvalue weighted by molar-refractivity contribution is 0.226. The highest BCUT2D eigenvalue weighted by molar-refractivity contribution is 6.29. The molecular weight excluding hydrogens is 224 g/mol. The summed E-state index contributed by atoms with van der Waals surface area (Å²) in [6.07, 6.45) is 7.52. The lowest BCUT2D eigenvalue weighted by Crippen LogP contribution is -2.31. The van der Waals surface area contributed by atoms with E-state index in [1.807, 2.05) is 0 Å². The van der Waals surface area contributed by atoms with Crippen LogP contribution in [0.5, 0.6) is 0 Å². The van der Waals surface area contributed by atoms with Crippen LogP contribution in [0.25, 0.3) is 0 Å². The number of rotatable bonds is 2. The predicted molar refractivity (Wildman–Crippen MR) is 64.8 cm³/mol. The van der Waals surface area contributed by atoms with Gasteiger partial charge < -0.3 is 0 Å². The summed E-state index contributed by atoms with van der Waals surface area (Å²) in [4.78, 5) is 15.9. The van der Waals surface area contributed by atoms with Crippen LogP contribution in [-0.4, -0.2) is 9.55 Å². The van der Waals surface area contributed by atoms with Crippen molar-refractivity contribution in [2.75, 3.05) is 0 Å². The Kier molecular flexibility index (Phi) is 3.64. The van der Waals surface area contributed by atoms with Crippen LogP contribution in [0.1, 0.15) is 45.1 Å². The van der Waals surface area contributed by atoms with Crippen molar-refractivity contribution in [3.8, 4) is 0 Å². The number of nitrogens with zero attached hydrogens (tertiary/aromatic N) is 2. The predicted octanol–water partition coefficient (Wildman–Crippen LogP) is 3.04. The summed E-state index contributed by atoms with van der Waals surface area (Å²) in [5, 5.41) is 0.283. The first-order valence-corrected chi connectivity index (χ1v) is 6.34. The van der Waals surface area contributed by atoms with E-state index >= 15 is 0 Å². The number of hydrogen-bond acceptors (Lipinski definition) is 2. The Morgan fingerprint density at radius 2 is 2.25 bits per heavy atom. The molecule has 0 bridgehead atoms. The van der Waals surface area contributed by atoms with Gasteiger partial charge in [0.25, 0.3) is 5.56 Å². The maximum atomic E-state index is 11.8. The van der Waals surface area contributed by atoms with Gasteiger partial charge in [0.15, 0.2) is 0 Å². The fourth-order valence-corrected chi connectivity index (χ4v) is 2.80. The van der Waals surface area contributed by atoms with E-state index in [0.717, 1.165) is 12.8 Å². The van der Waals surface area contributed by atoms with Crippen molar-refractivity contribution in [2.45, 2.75) is 45.1 Å². The zero-order valence-electron chi connectivity index (χ0n) is 9.53. The molecule has 16 heavy (non-hydrogen) atoms. The number of hydrogen-bond donors (Lipinski definition) is 0. The van der Waals surface area contributed by atoms with Gasteiger partial charge in [0.2, 0.25) is 0 Å². The average molecular weight is 241 g/mol. The van der Waals surface area contributed by atoms with Gasteiger partial charge in [0.05, 0.1) is 6.33 Å². The molecule has 0 N–H and O–H groups in total.